The number of carbonyl (C=O) groups excluding carboxylic acids is 1. The number of aromatic nitrogens is 2. The fraction of sp³-hybridized carbons (Fsp3) is 0.100. The molecule has 0 aliphatic heterocycles. The number of amides is 1. The van der Waals surface area contributed by atoms with Gasteiger partial charge in [-0.15, -0.1) is 0 Å². The molecule has 0 bridgehead atoms. The van der Waals surface area contributed by atoms with E-state index in [-0.39, 0.29) is 28.6 Å². The average Bonchev–Trinajstić information content (AvgIpc) is 3.29. The summed E-state index contributed by atoms with van der Waals surface area (Å²) in [6, 6.07) is 9.70. The van der Waals surface area contributed by atoms with Gasteiger partial charge in [-0.05, 0) is 48.5 Å². The largest absolute Gasteiger partial charge is 0.467 e. The van der Waals surface area contributed by atoms with E-state index in [1.54, 1.807) is 12.1 Å². The Balaban J connectivity index is 1.77. The third kappa shape index (κ3) is 3.88. The van der Waals surface area contributed by atoms with Gasteiger partial charge in [0.05, 0.1) is 40.0 Å². The highest BCUT2D eigenvalue weighted by atomic mass is 35.5. The van der Waals surface area contributed by atoms with Crippen molar-refractivity contribution in [2.75, 3.05) is 5.32 Å². The predicted octanol–water partition coefficient (Wildman–Crippen LogP) is 5.74. The number of nitrogens with zero attached hydrogens (tertiary/aromatic N) is 2. The van der Waals surface area contributed by atoms with Crippen LogP contribution in [0.5, 0.6) is 0 Å². The molecule has 10 heteroatoms. The van der Waals surface area contributed by atoms with Gasteiger partial charge in [0.15, 0.2) is 0 Å². The van der Waals surface area contributed by atoms with Crippen molar-refractivity contribution in [3.05, 3.63) is 82.5 Å². The van der Waals surface area contributed by atoms with E-state index >= 15 is 0 Å². The van der Waals surface area contributed by atoms with Crippen molar-refractivity contribution in [2.45, 2.75) is 12.7 Å². The fourth-order valence-electron chi connectivity index (χ4n) is 2.96. The maximum Gasteiger partial charge on any atom is 0.416 e. The topological polar surface area (TPSA) is 60.1 Å². The van der Waals surface area contributed by atoms with Gasteiger partial charge in [-0.1, -0.05) is 11.6 Å². The van der Waals surface area contributed by atoms with Gasteiger partial charge in [0.25, 0.3) is 5.91 Å². The normalized spacial score (nSPS) is 11.8. The van der Waals surface area contributed by atoms with Crippen LogP contribution in [-0.2, 0) is 12.7 Å². The minimum absolute atomic E-state index is 0.00823. The molecule has 2 heterocycles. The van der Waals surface area contributed by atoms with Crippen LogP contribution in [0.25, 0.3) is 11.0 Å². The monoisotopic (exact) mass is 437 g/mol. The summed E-state index contributed by atoms with van der Waals surface area (Å²) in [7, 11) is 0. The second-order valence-electron chi connectivity index (χ2n) is 6.38. The maximum absolute atomic E-state index is 13.3. The standard InChI is InChI=1S/C20H12ClF4N3O2/c21-15-9-12(22)4-5-14(15)18(29)27-19-26-16-8-11(20(23,24)25)3-6-17(16)28(19)10-13-2-1-7-30-13/h1-9H,10H2,(H,26,27,29). The van der Waals surface area contributed by atoms with Crippen molar-refractivity contribution in [1.29, 1.82) is 0 Å². The number of hydrogen-bond donors (Lipinski definition) is 1. The number of rotatable bonds is 4. The summed E-state index contributed by atoms with van der Waals surface area (Å²) >= 11 is 5.93. The Morgan fingerprint density at radius 2 is 1.97 bits per heavy atom. The minimum Gasteiger partial charge on any atom is -0.467 e. The molecule has 1 N–H and O–H groups in total. The second-order valence-corrected chi connectivity index (χ2v) is 6.79. The van der Waals surface area contributed by atoms with Crippen LogP contribution in [0.4, 0.5) is 23.5 Å². The molecule has 0 atom stereocenters. The van der Waals surface area contributed by atoms with Crippen molar-refractivity contribution >= 4 is 34.5 Å². The summed E-state index contributed by atoms with van der Waals surface area (Å²) in [6.45, 7) is 0.113. The molecule has 4 aromatic rings. The summed E-state index contributed by atoms with van der Waals surface area (Å²) in [4.78, 5) is 16.8. The Bertz CT molecular complexity index is 1230. The molecule has 0 radical (unpaired) electrons. The molecule has 5 nitrogen and oxygen atoms in total. The molecular weight excluding hydrogens is 426 g/mol. The first kappa shape index (κ1) is 20.0. The van der Waals surface area contributed by atoms with Crippen LogP contribution in [-0.4, -0.2) is 15.5 Å². The zero-order valence-corrected chi connectivity index (χ0v) is 15.8. The lowest BCUT2D eigenvalue weighted by Crippen LogP contribution is -2.17. The molecule has 30 heavy (non-hydrogen) atoms. The number of furan rings is 1. The number of fused-ring (bicyclic) bond motifs is 1. The van der Waals surface area contributed by atoms with Gasteiger partial charge < -0.3 is 8.98 Å². The number of imidazole rings is 1. The van der Waals surface area contributed by atoms with E-state index in [2.05, 4.69) is 10.3 Å². The lowest BCUT2D eigenvalue weighted by atomic mass is 10.2. The van der Waals surface area contributed by atoms with Crippen LogP contribution in [0.1, 0.15) is 21.7 Å². The Morgan fingerprint density at radius 1 is 1.17 bits per heavy atom. The fourth-order valence-corrected chi connectivity index (χ4v) is 3.22. The van der Waals surface area contributed by atoms with Crippen molar-refractivity contribution in [1.82, 2.24) is 9.55 Å². The SMILES string of the molecule is O=C(Nc1nc2cc(C(F)(F)F)ccc2n1Cc1ccco1)c1ccc(F)cc1Cl. The highest BCUT2D eigenvalue weighted by Gasteiger charge is 2.31. The third-order valence-corrected chi connectivity index (χ3v) is 4.68. The molecule has 1 amide bonds. The van der Waals surface area contributed by atoms with E-state index in [1.807, 2.05) is 0 Å². The van der Waals surface area contributed by atoms with E-state index in [0.717, 1.165) is 24.3 Å². The molecular formula is C20H12ClF4N3O2. The van der Waals surface area contributed by atoms with Crippen molar-refractivity contribution < 1.29 is 26.8 Å². The zero-order chi connectivity index (χ0) is 21.5. The molecule has 0 fully saturated rings. The van der Waals surface area contributed by atoms with Crippen LogP contribution in [0.3, 0.4) is 0 Å². The molecule has 154 valence electrons. The van der Waals surface area contributed by atoms with Gasteiger partial charge in [-0.25, -0.2) is 9.37 Å². The summed E-state index contributed by atoms with van der Waals surface area (Å²) in [6.07, 6.45) is -3.09. The van der Waals surface area contributed by atoms with Gasteiger partial charge in [0.2, 0.25) is 5.95 Å². The number of halogens is 5. The first-order valence-corrected chi connectivity index (χ1v) is 8.96. The maximum atomic E-state index is 13.3. The van der Waals surface area contributed by atoms with Crippen LogP contribution < -0.4 is 5.32 Å². The molecule has 0 spiro atoms. The number of carbonyl (C=O) groups is 1. The first-order valence-electron chi connectivity index (χ1n) is 8.58. The second kappa shape index (κ2) is 7.49. The van der Waals surface area contributed by atoms with Crippen LogP contribution in [0.2, 0.25) is 5.02 Å². The molecule has 0 saturated carbocycles. The van der Waals surface area contributed by atoms with E-state index in [9.17, 15) is 22.4 Å². The van der Waals surface area contributed by atoms with Crippen molar-refractivity contribution in [3.8, 4) is 0 Å². The summed E-state index contributed by atoms with van der Waals surface area (Å²) in [5.41, 5.74) is -0.473. The van der Waals surface area contributed by atoms with E-state index in [1.165, 1.54) is 23.0 Å². The predicted molar refractivity (Wildman–Crippen MR) is 102 cm³/mol. The molecule has 4 rings (SSSR count). The lowest BCUT2D eigenvalue weighted by molar-refractivity contribution is -0.137. The molecule has 0 aliphatic carbocycles. The molecule has 2 aromatic carbocycles. The highest BCUT2D eigenvalue weighted by Crippen LogP contribution is 2.32. The molecule has 2 aromatic heterocycles. The Kier molecular flexibility index (Phi) is 4.98. The number of nitrogens with one attached hydrogen (secondary N) is 1. The highest BCUT2D eigenvalue weighted by molar-refractivity contribution is 6.34. The first-order chi connectivity index (χ1) is 14.2. The average molecular weight is 438 g/mol. The Hall–Kier alpha value is -3.33. The van der Waals surface area contributed by atoms with Gasteiger partial charge in [-0.3, -0.25) is 10.1 Å². The summed E-state index contributed by atoms with van der Waals surface area (Å²) in [5.74, 6) is -0.802. The Morgan fingerprint density at radius 3 is 2.63 bits per heavy atom. The number of alkyl halides is 3. The van der Waals surface area contributed by atoms with E-state index in [4.69, 9.17) is 16.0 Å². The smallest absolute Gasteiger partial charge is 0.416 e. The van der Waals surface area contributed by atoms with Crippen molar-refractivity contribution in [2.24, 2.45) is 0 Å². The van der Waals surface area contributed by atoms with E-state index in [0.29, 0.717) is 11.3 Å². The zero-order valence-electron chi connectivity index (χ0n) is 15.0. The number of benzene rings is 2. The number of anilines is 1. The Labute approximate surface area is 171 Å². The summed E-state index contributed by atoms with van der Waals surface area (Å²) in [5, 5.41) is 2.42. The number of hydrogen-bond acceptors (Lipinski definition) is 3. The van der Waals surface area contributed by atoms with Crippen LogP contribution in [0.15, 0.2) is 59.2 Å². The van der Waals surface area contributed by atoms with Crippen LogP contribution >= 0.6 is 11.6 Å². The van der Waals surface area contributed by atoms with Gasteiger partial charge in [0, 0.05) is 0 Å². The lowest BCUT2D eigenvalue weighted by Gasteiger charge is -2.10. The third-order valence-electron chi connectivity index (χ3n) is 4.37. The van der Waals surface area contributed by atoms with Crippen molar-refractivity contribution in [3.63, 3.8) is 0 Å². The molecule has 0 aliphatic rings. The van der Waals surface area contributed by atoms with Gasteiger partial charge >= 0.3 is 6.18 Å². The van der Waals surface area contributed by atoms with Crippen LogP contribution in [0, 0.1) is 5.82 Å². The molecule has 0 saturated heterocycles. The van der Waals surface area contributed by atoms with E-state index < -0.39 is 23.5 Å². The van der Waals surface area contributed by atoms with Gasteiger partial charge in [0.1, 0.15) is 11.6 Å². The minimum atomic E-state index is -4.54. The van der Waals surface area contributed by atoms with Gasteiger partial charge in [-0.2, -0.15) is 13.2 Å². The molecule has 0 unspecified atom stereocenters. The summed E-state index contributed by atoms with van der Waals surface area (Å²) < 4.78 is 59.3. The quantitative estimate of drug-likeness (QED) is 0.414.